The number of H-pyrrole nitrogens is 1. The first kappa shape index (κ1) is 10.2. The van der Waals surface area contributed by atoms with Gasteiger partial charge in [-0.3, -0.25) is 14.6 Å². The summed E-state index contributed by atoms with van der Waals surface area (Å²) in [6.45, 7) is 2.36. The van der Waals surface area contributed by atoms with Crippen LogP contribution in [0.1, 0.15) is 12.6 Å². The largest absolute Gasteiger partial charge is 0.442 e. The lowest BCUT2D eigenvalue weighted by atomic mass is 10.5. The minimum absolute atomic E-state index is 0.136. The Morgan fingerprint density at radius 3 is 2.79 bits per heavy atom. The van der Waals surface area contributed by atoms with Crippen LogP contribution in [-0.2, 0) is 16.3 Å². The number of aromatic nitrogens is 3. The predicted octanol–water partition coefficient (Wildman–Crippen LogP) is -1.24. The van der Waals surface area contributed by atoms with Crippen molar-refractivity contribution in [3.63, 3.8) is 0 Å². The number of aryl methyl sites for hydroxylation is 1. The van der Waals surface area contributed by atoms with E-state index in [1.54, 1.807) is 0 Å². The van der Waals surface area contributed by atoms with Crippen molar-refractivity contribution in [1.82, 2.24) is 14.8 Å². The number of aromatic amines is 1. The minimum Gasteiger partial charge on any atom is -0.442 e. The number of esters is 1. The monoisotopic (exact) mass is 199 g/mol. The Balaban J connectivity index is 2.99. The number of carbonyl (C=O) groups excluding carboxylic acids is 1. The Kier molecular flexibility index (Phi) is 2.80. The van der Waals surface area contributed by atoms with Crippen molar-refractivity contribution in [2.75, 3.05) is 0 Å². The van der Waals surface area contributed by atoms with E-state index >= 15 is 0 Å². The molecule has 0 saturated carbocycles. The number of hydrogen-bond donors (Lipinski definition) is 1. The van der Waals surface area contributed by atoms with Crippen LogP contribution in [0.25, 0.3) is 0 Å². The van der Waals surface area contributed by atoms with Crippen molar-refractivity contribution in [2.24, 2.45) is 0 Å². The topological polar surface area (TPSA) is 94.1 Å². The standard InChI is InChI=1S/C7H9N3O4/c1-4-6(12)8-7(13)10(9-4)3-14-5(2)11/h3H2,1-2H3,(H,8,12,13). The van der Waals surface area contributed by atoms with E-state index in [0.717, 1.165) is 4.68 Å². The fourth-order valence-electron chi connectivity index (χ4n) is 0.764. The Labute approximate surface area is 78.3 Å². The first-order valence-corrected chi connectivity index (χ1v) is 3.82. The maximum absolute atomic E-state index is 11.1. The van der Waals surface area contributed by atoms with Gasteiger partial charge in [-0.1, -0.05) is 0 Å². The second kappa shape index (κ2) is 3.86. The van der Waals surface area contributed by atoms with E-state index in [9.17, 15) is 14.4 Å². The summed E-state index contributed by atoms with van der Waals surface area (Å²) < 4.78 is 5.40. The van der Waals surface area contributed by atoms with Crippen LogP contribution >= 0.6 is 0 Å². The molecule has 0 radical (unpaired) electrons. The number of nitrogens with zero attached hydrogens (tertiary/aromatic N) is 2. The zero-order chi connectivity index (χ0) is 10.7. The fraction of sp³-hybridized carbons (Fsp3) is 0.429. The van der Waals surface area contributed by atoms with Gasteiger partial charge in [-0.15, -0.1) is 0 Å². The van der Waals surface area contributed by atoms with Crippen LogP contribution in [0.15, 0.2) is 9.59 Å². The third-order valence-electron chi connectivity index (χ3n) is 1.44. The molecule has 0 amide bonds. The zero-order valence-electron chi connectivity index (χ0n) is 7.73. The molecule has 7 heteroatoms. The van der Waals surface area contributed by atoms with Crippen molar-refractivity contribution in [3.8, 4) is 0 Å². The Hall–Kier alpha value is -1.92. The second-order valence-electron chi connectivity index (χ2n) is 2.61. The summed E-state index contributed by atoms with van der Waals surface area (Å²) in [6.07, 6.45) is 0. The normalized spacial score (nSPS) is 9.86. The highest BCUT2D eigenvalue weighted by Gasteiger charge is 2.02. The summed E-state index contributed by atoms with van der Waals surface area (Å²) in [4.78, 5) is 34.4. The van der Waals surface area contributed by atoms with Gasteiger partial charge in [0, 0.05) is 6.92 Å². The summed E-state index contributed by atoms with van der Waals surface area (Å²) in [7, 11) is 0. The molecule has 14 heavy (non-hydrogen) atoms. The van der Waals surface area contributed by atoms with Crippen molar-refractivity contribution in [3.05, 3.63) is 26.5 Å². The van der Waals surface area contributed by atoms with Crippen LogP contribution in [0.4, 0.5) is 0 Å². The Morgan fingerprint density at radius 2 is 2.21 bits per heavy atom. The third-order valence-corrected chi connectivity index (χ3v) is 1.44. The molecule has 0 aromatic carbocycles. The van der Waals surface area contributed by atoms with E-state index in [1.165, 1.54) is 13.8 Å². The van der Waals surface area contributed by atoms with Gasteiger partial charge < -0.3 is 4.74 Å². The van der Waals surface area contributed by atoms with E-state index in [2.05, 4.69) is 9.84 Å². The van der Waals surface area contributed by atoms with Crippen molar-refractivity contribution in [2.45, 2.75) is 20.6 Å². The number of rotatable bonds is 2. The molecule has 0 aliphatic rings. The SMILES string of the molecule is CC(=O)OCn1nc(C)c(=O)[nH]c1=O. The quantitative estimate of drug-likeness (QED) is 0.601. The molecule has 1 aromatic rings. The van der Waals surface area contributed by atoms with Gasteiger partial charge in [-0.2, -0.15) is 9.78 Å². The summed E-state index contributed by atoms with van der Waals surface area (Å²) >= 11 is 0. The number of hydrogen-bond acceptors (Lipinski definition) is 5. The molecular weight excluding hydrogens is 190 g/mol. The van der Waals surface area contributed by atoms with Crippen LogP contribution in [0.2, 0.25) is 0 Å². The van der Waals surface area contributed by atoms with Crippen molar-refractivity contribution >= 4 is 5.97 Å². The van der Waals surface area contributed by atoms with Crippen LogP contribution in [0.3, 0.4) is 0 Å². The molecular formula is C7H9N3O4. The number of nitrogens with one attached hydrogen (secondary N) is 1. The second-order valence-corrected chi connectivity index (χ2v) is 2.61. The Bertz CT molecular complexity index is 459. The highest BCUT2D eigenvalue weighted by atomic mass is 16.5. The summed E-state index contributed by atoms with van der Waals surface area (Å²) in [5, 5.41) is 3.63. The lowest BCUT2D eigenvalue weighted by Gasteiger charge is -2.03. The molecule has 76 valence electrons. The zero-order valence-corrected chi connectivity index (χ0v) is 7.73. The van der Waals surface area contributed by atoms with E-state index in [0.29, 0.717) is 0 Å². The highest BCUT2D eigenvalue weighted by Crippen LogP contribution is 1.80. The lowest BCUT2D eigenvalue weighted by Crippen LogP contribution is -2.34. The van der Waals surface area contributed by atoms with Gasteiger partial charge in [0.1, 0.15) is 5.69 Å². The minimum atomic E-state index is -0.707. The molecule has 0 fully saturated rings. The molecule has 0 unspecified atom stereocenters. The molecule has 1 rings (SSSR count). The van der Waals surface area contributed by atoms with Crippen LogP contribution in [-0.4, -0.2) is 20.7 Å². The van der Waals surface area contributed by atoms with E-state index in [-0.39, 0.29) is 12.4 Å². The molecule has 1 heterocycles. The first-order chi connectivity index (χ1) is 6.50. The summed E-state index contributed by atoms with van der Waals surface area (Å²) in [6, 6.07) is 0. The van der Waals surface area contributed by atoms with Gasteiger partial charge in [0.15, 0.2) is 6.73 Å². The fourth-order valence-corrected chi connectivity index (χ4v) is 0.764. The summed E-state index contributed by atoms with van der Waals surface area (Å²) in [5.74, 6) is -0.525. The van der Waals surface area contributed by atoms with Crippen LogP contribution < -0.4 is 11.2 Å². The molecule has 0 saturated heterocycles. The predicted molar refractivity (Wildman–Crippen MR) is 45.6 cm³/mol. The molecule has 7 nitrogen and oxygen atoms in total. The van der Waals surface area contributed by atoms with E-state index in [4.69, 9.17) is 0 Å². The maximum atomic E-state index is 11.1. The van der Waals surface area contributed by atoms with Crippen molar-refractivity contribution < 1.29 is 9.53 Å². The van der Waals surface area contributed by atoms with Crippen LogP contribution in [0, 0.1) is 6.92 Å². The number of ether oxygens (including phenoxy) is 1. The van der Waals surface area contributed by atoms with Gasteiger partial charge in [-0.25, -0.2) is 4.79 Å². The molecule has 0 atom stereocenters. The average molecular weight is 199 g/mol. The molecule has 0 bridgehead atoms. The van der Waals surface area contributed by atoms with Gasteiger partial charge in [-0.05, 0) is 6.92 Å². The molecule has 0 aliphatic heterocycles. The van der Waals surface area contributed by atoms with Gasteiger partial charge in [0.05, 0.1) is 0 Å². The average Bonchev–Trinajstić information content (AvgIpc) is 2.09. The maximum Gasteiger partial charge on any atom is 0.347 e. The first-order valence-electron chi connectivity index (χ1n) is 3.82. The molecule has 0 aliphatic carbocycles. The Morgan fingerprint density at radius 1 is 1.57 bits per heavy atom. The molecule has 1 N–H and O–H groups in total. The lowest BCUT2D eigenvalue weighted by molar-refractivity contribution is -0.145. The highest BCUT2D eigenvalue weighted by molar-refractivity contribution is 5.65. The molecule has 0 spiro atoms. The van der Waals surface area contributed by atoms with Gasteiger partial charge in [0.25, 0.3) is 5.56 Å². The third kappa shape index (κ3) is 2.28. The van der Waals surface area contributed by atoms with E-state index < -0.39 is 17.2 Å². The van der Waals surface area contributed by atoms with Gasteiger partial charge >= 0.3 is 11.7 Å². The van der Waals surface area contributed by atoms with E-state index in [1.807, 2.05) is 4.98 Å². The smallest absolute Gasteiger partial charge is 0.347 e. The molecule has 1 aromatic heterocycles. The van der Waals surface area contributed by atoms with Crippen molar-refractivity contribution in [1.29, 1.82) is 0 Å². The number of carbonyl (C=O) groups is 1. The summed E-state index contributed by atoms with van der Waals surface area (Å²) in [5.41, 5.74) is -1.12. The van der Waals surface area contributed by atoms with Crippen LogP contribution in [0.5, 0.6) is 0 Å². The van der Waals surface area contributed by atoms with Gasteiger partial charge in [0.2, 0.25) is 0 Å².